The smallest absolute Gasteiger partial charge is 0.410 e. The molecule has 1 unspecified atom stereocenters. The van der Waals surface area contributed by atoms with Crippen LogP contribution < -0.4 is 9.47 Å². The van der Waals surface area contributed by atoms with E-state index in [0.29, 0.717) is 39.5 Å². The van der Waals surface area contributed by atoms with Crippen LogP contribution in [0.15, 0.2) is 54.6 Å². The largest absolute Gasteiger partial charge is 0.494 e. The normalized spacial score (nSPS) is 21.4. The van der Waals surface area contributed by atoms with Gasteiger partial charge in [0.25, 0.3) is 0 Å². The van der Waals surface area contributed by atoms with E-state index in [4.69, 9.17) is 18.9 Å². The van der Waals surface area contributed by atoms with Crippen LogP contribution in [0.5, 0.6) is 11.5 Å². The number of carbonyl (C=O) groups is 2. The first-order chi connectivity index (χ1) is 19.2. The second kappa shape index (κ2) is 13.9. The summed E-state index contributed by atoms with van der Waals surface area (Å²) in [4.78, 5) is 30.5. The molecule has 0 aromatic heterocycles. The van der Waals surface area contributed by atoms with Crippen LogP contribution in [0.3, 0.4) is 0 Å². The van der Waals surface area contributed by atoms with Crippen molar-refractivity contribution in [3.63, 3.8) is 0 Å². The third-order valence-corrected chi connectivity index (χ3v) is 7.31. The molecule has 1 aliphatic heterocycles. The first-order valence-electron chi connectivity index (χ1n) is 14.5. The number of morpholine rings is 1. The SMILES string of the molecule is CCOc1cccc(CN(C(=O)OC(C)(C)C)C2CCC(C(=O)N3CCOC(COc4ccccc4)C3)CC2)c1. The minimum Gasteiger partial charge on any atom is -0.494 e. The van der Waals surface area contributed by atoms with E-state index in [9.17, 15) is 9.59 Å². The Kier molecular flexibility index (Phi) is 10.3. The van der Waals surface area contributed by atoms with Crippen molar-refractivity contribution in [1.82, 2.24) is 9.80 Å². The molecule has 1 aliphatic carbocycles. The topological polar surface area (TPSA) is 77.5 Å². The molecule has 40 heavy (non-hydrogen) atoms. The van der Waals surface area contributed by atoms with Crippen LogP contribution in [0.2, 0.25) is 0 Å². The first-order valence-corrected chi connectivity index (χ1v) is 14.5. The zero-order valence-corrected chi connectivity index (χ0v) is 24.3. The maximum atomic E-state index is 13.5. The van der Waals surface area contributed by atoms with Crippen LogP contribution in [0, 0.1) is 5.92 Å². The molecule has 2 fully saturated rings. The number of hydrogen-bond donors (Lipinski definition) is 0. The van der Waals surface area contributed by atoms with Gasteiger partial charge in [0.05, 0.1) is 19.8 Å². The van der Waals surface area contributed by atoms with E-state index in [1.807, 2.05) is 92.1 Å². The van der Waals surface area contributed by atoms with Gasteiger partial charge in [0.2, 0.25) is 5.91 Å². The van der Waals surface area contributed by atoms with Gasteiger partial charge in [0.15, 0.2) is 0 Å². The molecule has 0 radical (unpaired) electrons. The third kappa shape index (κ3) is 8.62. The molecule has 1 heterocycles. The number of para-hydroxylation sites is 1. The summed E-state index contributed by atoms with van der Waals surface area (Å²) in [5, 5.41) is 0. The summed E-state index contributed by atoms with van der Waals surface area (Å²) >= 11 is 0. The number of rotatable bonds is 9. The van der Waals surface area contributed by atoms with Crippen LogP contribution >= 0.6 is 0 Å². The van der Waals surface area contributed by atoms with Crippen LogP contribution in [-0.2, 0) is 20.8 Å². The standard InChI is InChI=1S/C32H44N2O6/c1-5-37-28-13-9-10-24(20-28)21-34(31(36)40-32(2,3)4)26-16-14-25(15-17-26)30(35)33-18-19-38-29(22-33)23-39-27-11-7-6-8-12-27/h6-13,20,25-26,29H,5,14-19,21-23H2,1-4H3. The van der Waals surface area contributed by atoms with E-state index >= 15 is 0 Å². The number of benzene rings is 2. The van der Waals surface area contributed by atoms with Crippen LogP contribution in [0.1, 0.15) is 58.9 Å². The number of hydrogen-bond acceptors (Lipinski definition) is 6. The molecule has 4 rings (SSSR count). The summed E-state index contributed by atoms with van der Waals surface area (Å²) in [5.74, 6) is 1.72. The molecule has 0 spiro atoms. The highest BCUT2D eigenvalue weighted by molar-refractivity contribution is 5.79. The van der Waals surface area contributed by atoms with Gasteiger partial charge in [-0.1, -0.05) is 30.3 Å². The van der Waals surface area contributed by atoms with Gasteiger partial charge < -0.3 is 28.7 Å². The zero-order valence-electron chi connectivity index (χ0n) is 24.3. The van der Waals surface area contributed by atoms with E-state index in [0.717, 1.165) is 42.7 Å². The Morgan fingerprint density at radius 1 is 0.975 bits per heavy atom. The van der Waals surface area contributed by atoms with Crippen molar-refractivity contribution in [2.24, 2.45) is 5.92 Å². The molecule has 1 saturated heterocycles. The quantitative estimate of drug-likeness (QED) is 0.398. The Balaban J connectivity index is 1.34. The predicted molar refractivity (Wildman–Crippen MR) is 153 cm³/mol. The lowest BCUT2D eigenvalue weighted by Gasteiger charge is -2.39. The summed E-state index contributed by atoms with van der Waals surface area (Å²) in [5.41, 5.74) is 0.402. The average molecular weight is 553 g/mol. The van der Waals surface area contributed by atoms with Crippen molar-refractivity contribution < 1.29 is 28.5 Å². The number of ether oxygens (including phenoxy) is 4. The lowest BCUT2D eigenvalue weighted by Crippen LogP contribution is -2.51. The van der Waals surface area contributed by atoms with Crippen molar-refractivity contribution in [2.45, 2.75) is 77.7 Å². The minimum absolute atomic E-state index is 0.00589. The molecule has 2 aliphatic rings. The Hall–Kier alpha value is -3.26. The third-order valence-electron chi connectivity index (χ3n) is 7.31. The molecule has 2 amide bonds. The second-order valence-corrected chi connectivity index (χ2v) is 11.6. The monoisotopic (exact) mass is 552 g/mol. The van der Waals surface area contributed by atoms with Gasteiger partial charge in [-0.3, -0.25) is 4.79 Å². The maximum Gasteiger partial charge on any atom is 0.410 e. The van der Waals surface area contributed by atoms with Crippen LogP contribution in [-0.4, -0.2) is 72.5 Å². The Labute approximate surface area is 238 Å². The van der Waals surface area contributed by atoms with E-state index in [1.165, 1.54) is 0 Å². The van der Waals surface area contributed by atoms with Crippen molar-refractivity contribution in [1.29, 1.82) is 0 Å². The fourth-order valence-electron chi connectivity index (χ4n) is 5.38. The molecule has 0 N–H and O–H groups in total. The summed E-state index contributed by atoms with van der Waals surface area (Å²) in [7, 11) is 0. The highest BCUT2D eigenvalue weighted by atomic mass is 16.6. The molecular weight excluding hydrogens is 508 g/mol. The van der Waals surface area contributed by atoms with Gasteiger partial charge in [-0.05, 0) is 83.2 Å². The first kappa shape index (κ1) is 29.7. The summed E-state index contributed by atoms with van der Waals surface area (Å²) < 4.78 is 23.2. The maximum absolute atomic E-state index is 13.5. The van der Waals surface area contributed by atoms with Crippen LogP contribution in [0.25, 0.3) is 0 Å². The number of amides is 2. The van der Waals surface area contributed by atoms with Crippen molar-refractivity contribution in [3.05, 3.63) is 60.2 Å². The summed E-state index contributed by atoms with van der Waals surface area (Å²) in [6, 6.07) is 17.5. The van der Waals surface area contributed by atoms with Gasteiger partial charge >= 0.3 is 6.09 Å². The van der Waals surface area contributed by atoms with Crippen molar-refractivity contribution >= 4 is 12.0 Å². The second-order valence-electron chi connectivity index (χ2n) is 11.6. The molecule has 1 atom stereocenters. The Bertz CT molecular complexity index is 1090. The lowest BCUT2D eigenvalue weighted by molar-refractivity contribution is -0.145. The fraction of sp³-hybridized carbons (Fsp3) is 0.562. The van der Waals surface area contributed by atoms with E-state index < -0.39 is 5.60 Å². The molecule has 8 nitrogen and oxygen atoms in total. The van der Waals surface area contributed by atoms with Crippen molar-refractivity contribution in [3.8, 4) is 11.5 Å². The van der Waals surface area contributed by atoms with Gasteiger partial charge in [0, 0.05) is 25.0 Å². The van der Waals surface area contributed by atoms with Crippen LogP contribution in [0.4, 0.5) is 4.79 Å². The molecule has 1 saturated carbocycles. The molecule has 2 aromatic carbocycles. The number of carbonyl (C=O) groups excluding carboxylic acids is 2. The minimum atomic E-state index is -0.591. The lowest BCUT2D eigenvalue weighted by atomic mass is 9.84. The molecule has 0 bridgehead atoms. The van der Waals surface area contributed by atoms with E-state index in [1.54, 1.807) is 0 Å². The molecule has 8 heteroatoms. The number of nitrogens with zero attached hydrogens (tertiary/aromatic N) is 2. The van der Waals surface area contributed by atoms with Gasteiger partial charge in [-0.15, -0.1) is 0 Å². The molecular formula is C32H44N2O6. The van der Waals surface area contributed by atoms with E-state index in [-0.39, 0.29) is 30.1 Å². The highest BCUT2D eigenvalue weighted by Gasteiger charge is 2.36. The molecule has 2 aromatic rings. The fourth-order valence-corrected chi connectivity index (χ4v) is 5.38. The molecule has 218 valence electrons. The Morgan fingerprint density at radius 3 is 2.40 bits per heavy atom. The van der Waals surface area contributed by atoms with Gasteiger partial charge in [-0.2, -0.15) is 0 Å². The summed E-state index contributed by atoms with van der Waals surface area (Å²) in [6.45, 7) is 10.7. The highest BCUT2D eigenvalue weighted by Crippen LogP contribution is 2.32. The predicted octanol–water partition coefficient (Wildman–Crippen LogP) is 5.69. The zero-order chi connectivity index (χ0) is 28.5. The summed E-state index contributed by atoms with van der Waals surface area (Å²) in [6.07, 6.45) is 2.52. The van der Waals surface area contributed by atoms with Gasteiger partial charge in [-0.25, -0.2) is 4.79 Å². The Morgan fingerprint density at radius 2 is 1.70 bits per heavy atom. The average Bonchev–Trinajstić information content (AvgIpc) is 2.95. The van der Waals surface area contributed by atoms with Gasteiger partial charge in [0.1, 0.15) is 29.8 Å². The van der Waals surface area contributed by atoms with E-state index in [2.05, 4.69) is 0 Å². The van der Waals surface area contributed by atoms with Crippen molar-refractivity contribution in [2.75, 3.05) is 32.9 Å².